The van der Waals surface area contributed by atoms with Crippen molar-refractivity contribution in [3.8, 4) is 6.07 Å². The Kier molecular flexibility index (Phi) is 5.60. The summed E-state index contributed by atoms with van der Waals surface area (Å²) in [6, 6.07) is 6.11. The normalized spacial score (nSPS) is 13.3. The van der Waals surface area contributed by atoms with Gasteiger partial charge < -0.3 is 4.74 Å². The number of hydrogen-bond acceptors (Lipinski definition) is 5. The van der Waals surface area contributed by atoms with Crippen molar-refractivity contribution in [3.63, 3.8) is 0 Å². The molecule has 23 heavy (non-hydrogen) atoms. The number of rotatable bonds is 5. The van der Waals surface area contributed by atoms with Gasteiger partial charge in [0, 0.05) is 11.6 Å². The van der Waals surface area contributed by atoms with Gasteiger partial charge >= 0.3 is 21.5 Å². The van der Waals surface area contributed by atoms with Gasteiger partial charge in [0.1, 0.15) is 6.07 Å². The van der Waals surface area contributed by atoms with Crippen LogP contribution in [0.1, 0.15) is 24.2 Å². The molecule has 1 unspecified atom stereocenters. The third-order valence-corrected chi connectivity index (χ3v) is 3.74. The first-order valence-electron chi connectivity index (χ1n) is 6.27. The number of ether oxygens (including phenoxy) is 1. The van der Waals surface area contributed by atoms with E-state index in [4.69, 9.17) is 10.00 Å². The Morgan fingerprint density at radius 3 is 2.43 bits per heavy atom. The summed E-state index contributed by atoms with van der Waals surface area (Å²) in [5.74, 6) is -1.23. The molecule has 0 spiro atoms. The maximum atomic E-state index is 12.3. The lowest BCUT2D eigenvalue weighted by Crippen LogP contribution is -2.30. The van der Waals surface area contributed by atoms with E-state index in [2.05, 4.69) is 0 Å². The quantitative estimate of drug-likeness (QED) is 0.824. The van der Waals surface area contributed by atoms with Gasteiger partial charge in [0.25, 0.3) is 0 Å². The van der Waals surface area contributed by atoms with Gasteiger partial charge in [0.05, 0.1) is 5.56 Å². The van der Waals surface area contributed by atoms with Crippen LogP contribution in [0.3, 0.4) is 0 Å². The zero-order valence-electron chi connectivity index (χ0n) is 12.1. The Labute approximate surface area is 130 Å². The molecule has 0 aliphatic rings. The zero-order chi connectivity index (χ0) is 17.8. The van der Waals surface area contributed by atoms with Crippen LogP contribution in [0, 0.1) is 17.2 Å². The van der Waals surface area contributed by atoms with E-state index in [1.807, 2.05) is 0 Å². The minimum atomic E-state index is -5.59. The van der Waals surface area contributed by atoms with E-state index in [-0.39, 0.29) is 11.5 Å². The van der Waals surface area contributed by atoms with Gasteiger partial charge in [-0.1, -0.05) is 19.9 Å². The van der Waals surface area contributed by atoms with Crippen molar-refractivity contribution < 1.29 is 31.1 Å². The molecule has 0 radical (unpaired) electrons. The molecule has 1 rings (SSSR count). The number of hydrogen-bond donors (Lipinski definition) is 1. The molecule has 1 aromatic carbocycles. The molecule has 1 N–H and O–H groups in total. The molecule has 0 saturated heterocycles. The van der Waals surface area contributed by atoms with E-state index < -0.39 is 33.3 Å². The van der Waals surface area contributed by atoms with Crippen LogP contribution in [0.25, 0.3) is 0 Å². The van der Waals surface area contributed by atoms with Crippen molar-refractivity contribution in [1.82, 2.24) is 0 Å². The second kappa shape index (κ2) is 6.87. The summed E-state index contributed by atoms with van der Waals surface area (Å²) < 4.78 is 65.2. The highest BCUT2D eigenvalue weighted by Gasteiger charge is 2.46. The number of carbonyl (C=O) groups is 1. The number of halogens is 3. The summed E-state index contributed by atoms with van der Waals surface area (Å²) in [4.78, 5) is 11.9. The molecule has 1 aromatic rings. The van der Waals surface area contributed by atoms with Crippen molar-refractivity contribution in [2.75, 3.05) is 4.72 Å². The first-order chi connectivity index (χ1) is 10.5. The lowest BCUT2D eigenvalue weighted by atomic mass is 10.1. The number of benzene rings is 1. The monoisotopic (exact) mass is 350 g/mol. The second-order valence-corrected chi connectivity index (χ2v) is 6.50. The zero-order valence-corrected chi connectivity index (χ0v) is 12.9. The number of carbonyl (C=O) groups excluding carboxylic acids is 1. The summed E-state index contributed by atoms with van der Waals surface area (Å²) in [6.45, 7) is 3.30. The number of nitriles is 1. The summed E-state index contributed by atoms with van der Waals surface area (Å²) in [6.07, 6.45) is -1.03. The van der Waals surface area contributed by atoms with E-state index in [1.54, 1.807) is 19.9 Å². The number of alkyl halides is 3. The molecule has 0 bridgehead atoms. The predicted molar refractivity (Wildman–Crippen MR) is 74.7 cm³/mol. The minimum absolute atomic E-state index is 0.187. The average molecular weight is 350 g/mol. The highest BCUT2D eigenvalue weighted by atomic mass is 32.2. The van der Waals surface area contributed by atoms with E-state index in [0.29, 0.717) is 0 Å². The smallest absolute Gasteiger partial charge is 0.443 e. The lowest BCUT2D eigenvalue weighted by molar-refractivity contribution is -0.0429. The molecule has 0 aromatic heterocycles. The molecule has 1 atom stereocenters. The van der Waals surface area contributed by atoms with Crippen molar-refractivity contribution in [1.29, 1.82) is 5.26 Å². The van der Waals surface area contributed by atoms with Crippen molar-refractivity contribution in [3.05, 3.63) is 29.8 Å². The fourth-order valence-corrected chi connectivity index (χ4v) is 1.97. The molecule has 0 saturated carbocycles. The summed E-state index contributed by atoms with van der Waals surface area (Å²) >= 11 is 0. The molecular formula is C13H13F3N2O4S. The number of sulfonamides is 1. The van der Waals surface area contributed by atoms with E-state index >= 15 is 0 Å². The van der Waals surface area contributed by atoms with Crippen molar-refractivity contribution in [2.45, 2.75) is 25.5 Å². The molecule has 0 aliphatic carbocycles. The van der Waals surface area contributed by atoms with Gasteiger partial charge in [-0.2, -0.15) is 26.9 Å². The van der Waals surface area contributed by atoms with Crippen LogP contribution < -0.4 is 4.72 Å². The fraction of sp³-hybridized carbons (Fsp3) is 0.385. The summed E-state index contributed by atoms with van der Waals surface area (Å²) in [5, 5.41) is 8.85. The van der Waals surface area contributed by atoms with E-state index in [1.165, 1.54) is 16.9 Å². The largest absolute Gasteiger partial charge is 0.516 e. The SMILES string of the molecule is CC(C)C(C#N)OC(=O)c1cccc(NS(=O)(=O)C(F)(F)F)c1. The molecule has 0 heterocycles. The summed E-state index contributed by atoms with van der Waals surface area (Å²) in [5.41, 5.74) is -6.12. The van der Waals surface area contributed by atoms with Gasteiger partial charge in [-0.05, 0) is 18.2 Å². The Bertz CT molecular complexity index is 723. The van der Waals surface area contributed by atoms with Gasteiger partial charge in [-0.15, -0.1) is 0 Å². The lowest BCUT2D eigenvalue weighted by Gasteiger charge is -2.15. The third kappa shape index (κ3) is 4.85. The Balaban J connectivity index is 2.98. The standard InChI is InChI=1S/C13H13F3N2O4S/c1-8(2)11(7-17)22-12(19)9-4-3-5-10(6-9)18-23(20,21)13(14,15)16/h3-6,8,11,18H,1-2H3. The topological polar surface area (TPSA) is 96.3 Å². The third-order valence-electron chi connectivity index (χ3n) is 2.62. The molecule has 0 aliphatic heterocycles. The molecule has 6 nitrogen and oxygen atoms in total. The van der Waals surface area contributed by atoms with Crippen LogP contribution in [-0.4, -0.2) is 26.0 Å². The van der Waals surface area contributed by atoms with Crippen LogP contribution in [0.15, 0.2) is 24.3 Å². The average Bonchev–Trinajstić information content (AvgIpc) is 2.42. The van der Waals surface area contributed by atoms with Gasteiger partial charge in [-0.3, -0.25) is 4.72 Å². The van der Waals surface area contributed by atoms with Crippen molar-refractivity contribution in [2.24, 2.45) is 5.92 Å². The highest BCUT2D eigenvalue weighted by molar-refractivity contribution is 7.93. The second-order valence-electron chi connectivity index (χ2n) is 4.83. The Morgan fingerprint density at radius 1 is 1.35 bits per heavy atom. The molecule has 0 amide bonds. The fourth-order valence-electron chi connectivity index (χ4n) is 1.42. The number of esters is 1. The van der Waals surface area contributed by atoms with Crippen LogP contribution in [0.5, 0.6) is 0 Å². The van der Waals surface area contributed by atoms with Crippen LogP contribution >= 0.6 is 0 Å². The first kappa shape index (κ1) is 18.8. The Hall–Kier alpha value is -2.28. The van der Waals surface area contributed by atoms with E-state index in [9.17, 15) is 26.4 Å². The van der Waals surface area contributed by atoms with E-state index in [0.717, 1.165) is 12.1 Å². The number of anilines is 1. The maximum absolute atomic E-state index is 12.3. The van der Waals surface area contributed by atoms with Gasteiger partial charge in [0.2, 0.25) is 0 Å². The van der Waals surface area contributed by atoms with Crippen LogP contribution in [-0.2, 0) is 14.8 Å². The molecule has 126 valence electrons. The summed E-state index contributed by atoms with van der Waals surface area (Å²) in [7, 11) is -5.59. The number of nitrogens with one attached hydrogen (secondary N) is 1. The molecule has 10 heteroatoms. The van der Waals surface area contributed by atoms with Crippen LogP contribution in [0.4, 0.5) is 18.9 Å². The molecule has 0 fully saturated rings. The number of nitrogens with zero attached hydrogens (tertiary/aromatic N) is 1. The predicted octanol–water partition coefficient (Wildman–Crippen LogP) is 2.65. The maximum Gasteiger partial charge on any atom is 0.516 e. The van der Waals surface area contributed by atoms with Gasteiger partial charge in [-0.25, -0.2) is 4.79 Å². The first-order valence-corrected chi connectivity index (χ1v) is 7.76. The van der Waals surface area contributed by atoms with Gasteiger partial charge in [0.15, 0.2) is 6.10 Å². The Morgan fingerprint density at radius 2 is 1.96 bits per heavy atom. The van der Waals surface area contributed by atoms with Crippen molar-refractivity contribution >= 4 is 21.7 Å². The molecular weight excluding hydrogens is 337 g/mol. The van der Waals surface area contributed by atoms with Crippen LogP contribution in [0.2, 0.25) is 0 Å². The highest BCUT2D eigenvalue weighted by Crippen LogP contribution is 2.25. The minimum Gasteiger partial charge on any atom is -0.443 e.